The molecule has 7 heteroatoms. The third-order valence-electron chi connectivity index (χ3n) is 3.44. The fraction of sp³-hybridized carbons (Fsp3) is 0.188. The van der Waals surface area contributed by atoms with Crippen molar-refractivity contribution in [3.8, 4) is 5.82 Å². The molecular weight excluding hydrogens is 295 g/mol. The molecule has 3 N–H and O–H groups in total. The van der Waals surface area contributed by atoms with Gasteiger partial charge >= 0.3 is 0 Å². The minimum absolute atomic E-state index is 0.215. The van der Waals surface area contributed by atoms with Crippen LogP contribution in [0.4, 0.5) is 16.0 Å². The summed E-state index contributed by atoms with van der Waals surface area (Å²) in [5.41, 5.74) is 8.17. The Bertz CT molecular complexity index is 842. The Kier molecular flexibility index (Phi) is 3.92. The number of hydrogen-bond donors (Lipinski definition) is 2. The first-order chi connectivity index (χ1) is 11.0. The smallest absolute Gasteiger partial charge is 0.161 e. The van der Waals surface area contributed by atoms with Crippen LogP contribution in [-0.4, -0.2) is 19.7 Å². The van der Waals surface area contributed by atoms with Crippen LogP contribution < -0.4 is 11.1 Å². The Balaban J connectivity index is 1.77. The maximum Gasteiger partial charge on any atom is 0.161 e. The number of nitrogen functional groups attached to an aromatic ring is 1. The van der Waals surface area contributed by atoms with Crippen molar-refractivity contribution in [1.29, 1.82) is 0 Å². The third kappa shape index (κ3) is 3.28. The lowest BCUT2D eigenvalue weighted by Gasteiger charge is -2.08. The molecule has 1 aromatic carbocycles. The van der Waals surface area contributed by atoms with Gasteiger partial charge in [-0.05, 0) is 31.0 Å². The van der Waals surface area contributed by atoms with Crippen molar-refractivity contribution in [2.45, 2.75) is 20.4 Å². The molecule has 0 spiro atoms. The fourth-order valence-electron chi connectivity index (χ4n) is 2.20. The summed E-state index contributed by atoms with van der Waals surface area (Å²) in [6.07, 6.45) is 1.43. The van der Waals surface area contributed by atoms with Crippen molar-refractivity contribution in [2.75, 3.05) is 11.1 Å². The van der Waals surface area contributed by atoms with Gasteiger partial charge in [-0.1, -0.05) is 12.1 Å². The van der Waals surface area contributed by atoms with Gasteiger partial charge in [-0.15, -0.1) is 0 Å². The molecule has 0 bridgehead atoms. The van der Waals surface area contributed by atoms with E-state index in [1.807, 2.05) is 13.0 Å². The first kappa shape index (κ1) is 15.0. The third-order valence-corrected chi connectivity index (χ3v) is 3.44. The molecule has 0 aliphatic carbocycles. The van der Waals surface area contributed by atoms with Gasteiger partial charge in [0.15, 0.2) is 5.82 Å². The van der Waals surface area contributed by atoms with Crippen molar-refractivity contribution in [3.05, 3.63) is 59.3 Å². The molecule has 3 rings (SSSR count). The van der Waals surface area contributed by atoms with Crippen molar-refractivity contribution in [2.24, 2.45) is 0 Å². The van der Waals surface area contributed by atoms with Crippen LogP contribution in [0.5, 0.6) is 0 Å². The number of halogens is 1. The predicted molar refractivity (Wildman–Crippen MR) is 86.8 cm³/mol. The molecule has 0 aliphatic heterocycles. The first-order valence-corrected chi connectivity index (χ1v) is 7.16. The standard InChI is InChI=1S/C16H17FN6/c1-10-3-4-12(6-13(10)17)8-19-15-7-16(21-9-20-15)23-14(18)5-11(2)22-23/h3-7,9H,8,18H2,1-2H3,(H,19,20,21). The minimum atomic E-state index is -0.215. The first-order valence-electron chi connectivity index (χ1n) is 7.16. The molecule has 0 fully saturated rings. The van der Waals surface area contributed by atoms with Crippen LogP contribution in [-0.2, 0) is 6.54 Å². The summed E-state index contributed by atoms with van der Waals surface area (Å²) in [6, 6.07) is 8.66. The number of hydrogen-bond acceptors (Lipinski definition) is 5. The maximum atomic E-state index is 13.6. The zero-order chi connectivity index (χ0) is 16.4. The van der Waals surface area contributed by atoms with Gasteiger partial charge in [0.1, 0.15) is 23.8 Å². The average Bonchev–Trinajstić information content (AvgIpc) is 2.87. The molecule has 0 amide bonds. The van der Waals surface area contributed by atoms with Gasteiger partial charge in [0.05, 0.1) is 5.69 Å². The van der Waals surface area contributed by atoms with Gasteiger partial charge in [-0.2, -0.15) is 9.78 Å². The van der Waals surface area contributed by atoms with Crippen molar-refractivity contribution in [3.63, 3.8) is 0 Å². The normalized spacial score (nSPS) is 10.7. The van der Waals surface area contributed by atoms with E-state index in [4.69, 9.17) is 5.73 Å². The monoisotopic (exact) mass is 312 g/mol. The Morgan fingerprint density at radius 3 is 2.70 bits per heavy atom. The number of aromatic nitrogens is 4. The predicted octanol–water partition coefficient (Wildman–Crippen LogP) is 2.61. The summed E-state index contributed by atoms with van der Waals surface area (Å²) in [4.78, 5) is 8.33. The van der Waals surface area contributed by atoms with Crippen molar-refractivity contribution in [1.82, 2.24) is 19.7 Å². The van der Waals surface area contributed by atoms with Crippen LogP contribution in [0.25, 0.3) is 5.82 Å². The molecule has 6 nitrogen and oxygen atoms in total. The van der Waals surface area contributed by atoms with Crippen LogP contribution >= 0.6 is 0 Å². The highest BCUT2D eigenvalue weighted by Gasteiger charge is 2.07. The number of aryl methyl sites for hydroxylation is 2. The second-order valence-electron chi connectivity index (χ2n) is 5.32. The van der Waals surface area contributed by atoms with Gasteiger partial charge in [-0.25, -0.2) is 14.4 Å². The van der Waals surface area contributed by atoms with Crippen molar-refractivity contribution >= 4 is 11.6 Å². The number of benzene rings is 1. The van der Waals surface area contributed by atoms with Crippen molar-refractivity contribution < 1.29 is 4.39 Å². The fourth-order valence-corrected chi connectivity index (χ4v) is 2.20. The Morgan fingerprint density at radius 1 is 1.17 bits per heavy atom. The van der Waals surface area contributed by atoms with E-state index in [2.05, 4.69) is 20.4 Å². The van der Waals surface area contributed by atoms with Gasteiger partial charge in [0.25, 0.3) is 0 Å². The lowest BCUT2D eigenvalue weighted by Crippen LogP contribution is -2.07. The van der Waals surface area contributed by atoms with E-state index in [0.717, 1.165) is 11.3 Å². The van der Waals surface area contributed by atoms with Gasteiger partial charge in [0, 0.05) is 18.7 Å². The number of rotatable bonds is 4. The highest BCUT2D eigenvalue weighted by molar-refractivity contribution is 5.45. The molecule has 0 radical (unpaired) electrons. The molecule has 2 heterocycles. The highest BCUT2D eigenvalue weighted by atomic mass is 19.1. The molecule has 3 aromatic rings. The summed E-state index contributed by atoms with van der Waals surface area (Å²) in [7, 11) is 0. The summed E-state index contributed by atoms with van der Waals surface area (Å²) < 4.78 is 15.1. The Hall–Kier alpha value is -2.96. The number of nitrogens with two attached hydrogens (primary N) is 1. The van der Waals surface area contributed by atoms with E-state index in [1.165, 1.54) is 12.4 Å². The topological polar surface area (TPSA) is 81.6 Å². The van der Waals surface area contributed by atoms with Gasteiger partial charge in [-0.3, -0.25) is 0 Å². The van der Waals surface area contributed by atoms with Crippen LogP contribution in [0, 0.1) is 19.7 Å². The molecule has 23 heavy (non-hydrogen) atoms. The molecule has 0 unspecified atom stereocenters. The largest absolute Gasteiger partial charge is 0.384 e. The minimum Gasteiger partial charge on any atom is -0.384 e. The van der Waals surface area contributed by atoms with Crippen LogP contribution in [0.1, 0.15) is 16.8 Å². The van der Waals surface area contributed by atoms with Crippen LogP contribution in [0.15, 0.2) is 36.7 Å². The quantitative estimate of drug-likeness (QED) is 0.774. The Morgan fingerprint density at radius 2 is 2.00 bits per heavy atom. The zero-order valence-corrected chi connectivity index (χ0v) is 12.9. The Labute approximate surface area is 133 Å². The summed E-state index contributed by atoms with van der Waals surface area (Å²) in [5, 5.41) is 7.43. The average molecular weight is 312 g/mol. The molecule has 118 valence electrons. The van der Waals surface area contributed by atoms with Crippen LogP contribution in [0.3, 0.4) is 0 Å². The molecule has 0 saturated carbocycles. The molecule has 2 aromatic heterocycles. The number of nitrogens with zero attached hydrogens (tertiary/aromatic N) is 4. The van der Waals surface area contributed by atoms with E-state index < -0.39 is 0 Å². The highest BCUT2D eigenvalue weighted by Crippen LogP contribution is 2.15. The maximum absolute atomic E-state index is 13.6. The molecule has 0 aliphatic rings. The number of anilines is 2. The van der Waals surface area contributed by atoms with Gasteiger partial charge < -0.3 is 11.1 Å². The van der Waals surface area contributed by atoms with Crippen LogP contribution in [0.2, 0.25) is 0 Å². The molecule has 0 saturated heterocycles. The zero-order valence-electron chi connectivity index (χ0n) is 12.9. The second-order valence-corrected chi connectivity index (χ2v) is 5.32. The van der Waals surface area contributed by atoms with E-state index in [0.29, 0.717) is 29.6 Å². The number of nitrogens with one attached hydrogen (secondary N) is 1. The summed E-state index contributed by atoms with van der Waals surface area (Å²) in [6.45, 7) is 4.06. The lowest BCUT2D eigenvalue weighted by atomic mass is 10.1. The van der Waals surface area contributed by atoms with E-state index >= 15 is 0 Å². The van der Waals surface area contributed by atoms with E-state index in [9.17, 15) is 4.39 Å². The lowest BCUT2D eigenvalue weighted by molar-refractivity contribution is 0.616. The second kappa shape index (κ2) is 6.04. The SMILES string of the molecule is Cc1cc(N)n(-c2cc(NCc3ccc(C)c(F)c3)ncn2)n1. The summed E-state index contributed by atoms with van der Waals surface area (Å²) in [5.74, 6) is 1.48. The van der Waals surface area contributed by atoms with Gasteiger partial charge in [0.2, 0.25) is 0 Å². The van der Waals surface area contributed by atoms with E-state index in [-0.39, 0.29) is 5.82 Å². The molecule has 0 atom stereocenters. The molecular formula is C16H17FN6. The summed E-state index contributed by atoms with van der Waals surface area (Å²) >= 11 is 0. The van der Waals surface area contributed by atoms with E-state index in [1.54, 1.807) is 29.8 Å².